The van der Waals surface area contributed by atoms with Gasteiger partial charge in [0, 0.05) is 46.5 Å². The number of anilines is 2. The number of halogens is 1. The van der Waals surface area contributed by atoms with Crippen LogP contribution in [-0.2, 0) is 0 Å². The summed E-state index contributed by atoms with van der Waals surface area (Å²) in [6, 6.07) is 17.9. The van der Waals surface area contributed by atoms with Crippen molar-refractivity contribution in [2.45, 2.75) is 18.8 Å². The van der Waals surface area contributed by atoms with E-state index in [0.717, 1.165) is 28.5 Å². The van der Waals surface area contributed by atoms with Crippen molar-refractivity contribution in [3.63, 3.8) is 0 Å². The molecule has 0 bridgehead atoms. The third kappa shape index (κ3) is 3.59. The van der Waals surface area contributed by atoms with Crippen LogP contribution in [0.5, 0.6) is 0 Å². The fourth-order valence-electron chi connectivity index (χ4n) is 3.82. The summed E-state index contributed by atoms with van der Waals surface area (Å²) in [4.78, 5) is 11.1. The van der Waals surface area contributed by atoms with E-state index in [1.165, 1.54) is 23.1 Å². The van der Waals surface area contributed by atoms with E-state index in [2.05, 4.69) is 34.2 Å². The zero-order valence-electron chi connectivity index (χ0n) is 17.0. The highest BCUT2D eigenvalue weighted by atomic mass is 35.5. The standard InChI is InChI=1S/C24H21ClN6/c1-30(23-20-9-8-18(25)12-22(20)31(14-26)24(27)29-23)19-4-2-3-16(11-19)17-7-10-21(28-13-17)15-5-6-15/h2-4,7-15,26-27H,5-6H2,1H3. The lowest BCUT2D eigenvalue weighted by Crippen LogP contribution is -2.26. The van der Waals surface area contributed by atoms with Gasteiger partial charge in [0.1, 0.15) is 5.82 Å². The van der Waals surface area contributed by atoms with Crippen molar-refractivity contribution in [2.75, 3.05) is 11.9 Å². The summed E-state index contributed by atoms with van der Waals surface area (Å²) in [5.74, 6) is 1.27. The van der Waals surface area contributed by atoms with Gasteiger partial charge in [0.15, 0.2) is 0 Å². The molecule has 154 valence electrons. The molecule has 2 heterocycles. The molecule has 6 nitrogen and oxygen atoms in total. The lowest BCUT2D eigenvalue weighted by Gasteiger charge is -2.22. The van der Waals surface area contributed by atoms with Crippen LogP contribution in [0.15, 0.2) is 60.8 Å². The Hall–Kier alpha value is -3.51. The van der Waals surface area contributed by atoms with Crippen LogP contribution >= 0.6 is 11.6 Å². The predicted molar refractivity (Wildman–Crippen MR) is 124 cm³/mol. The molecule has 2 N–H and O–H groups in total. The first-order valence-electron chi connectivity index (χ1n) is 10.1. The quantitative estimate of drug-likeness (QED) is 0.333. The summed E-state index contributed by atoms with van der Waals surface area (Å²) in [5, 5.41) is 17.3. The van der Waals surface area contributed by atoms with Gasteiger partial charge >= 0.3 is 0 Å². The van der Waals surface area contributed by atoms with E-state index < -0.39 is 0 Å². The van der Waals surface area contributed by atoms with Gasteiger partial charge in [0.05, 0.1) is 11.9 Å². The molecular formula is C24H21ClN6. The first-order valence-corrected chi connectivity index (χ1v) is 10.5. The van der Waals surface area contributed by atoms with Crippen molar-refractivity contribution in [2.24, 2.45) is 0 Å². The fraction of sp³-hybridized carbons (Fsp3) is 0.167. The molecule has 0 aliphatic heterocycles. The van der Waals surface area contributed by atoms with Crippen LogP contribution in [0.1, 0.15) is 24.5 Å². The Kier molecular flexibility index (Phi) is 4.79. The highest BCUT2D eigenvalue weighted by Gasteiger charge is 2.24. The lowest BCUT2D eigenvalue weighted by atomic mass is 10.1. The topological polar surface area (TPSA) is 81.7 Å². The zero-order valence-corrected chi connectivity index (χ0v) is 17.8. The molecule has 2 aromatic heterocycles. The molecule has 1 aliphatic carbocycles. The minimum Gasteiger partial charge on any atom is -0.329 e. The van der Waals surface area contributed by atoms with Gasteiger partial charge in [-0.25, -0.2) is 0 Å². The van der Waals surface area contributed by atoms with Gasteiger partial charge in [-0.05, 0) is 54.8 Å². The minimum atomic E-state index is -0.0253. The van der Waals surface area contributed by atoms with Crippen molar-refractivity contribution >= 4 is 40.3 Å². The summed E-state index contributed by atoms with van der Waals surface area (Å²) in [7, 11) is 1.93. The first-order chi connectivity index (χ1) is 15.0. The van der Waals surface area contributed by atoms with Crippen molar-refractivity contribution in [1.29, 1.82) is 10.8 Å². The van der Waals surface area contributed by atoms with E-state index in [9.17, 15) is 0 Å². The van der Waals surface area contributed by atoms with Crippen LogP contribution in [0, 0.1) is 10.8 Å². The Labute approximate surface area is 184 Å². The zero-order chi connectivity index (χ0) is 21.5. The van der Waals surface area contributed by atoms with E-state index in [4.69, 9.17) is 22.4 Å². The Morgan fingerprint density at radius 3 is 2.65 bits per heavy atom. The van der Waals surface area contributed by atoms with Crippen LogP contribution in [0.2, 0.25) is 5.02 Å². The third-order valence-corrected chi connectivity index (χ3v) is 5.93. The Balaban J connectivity index is 1.57. The van der Waals surface area contributed by atoms with Crippen LogP contribution in [0.3, 0.4) is 0 Å². The SMILES string of the molecule is CN(c1cccc(-c2ccc(C3CC3)nc2)c1)c1nc(=N)n(C=N)c2cc(Cl)ccc12. The van der Waals surface area contributed by atoms with Gasteiger partial charge in [-0.1, -0.05) is 29.8 Å². The molecule has 4 aromatic rings. The second kappa shape index (κ2) is 7.63. The highest BCUT2D eigenvalue weighted by Crippen LogP contribution is 2.39. The normalized spacial score (nSPS) is 13.4. The van der Waals surface area contributed by atoms with E-state index in [0.29, 0.717) is 22.3 Å². The third-order valence-electron chi connectivity index (χ3n) is 5.70. The second-order valence-corrected chi connectivity index (χ2v) is 8.21. The molecule has 7 heteroatoms. The van der Waals surface area contributed by atoms with Gasteiger partial charge in [-0.2, -0.15) is 4.98 Å². The number of hydrogen-bond donors (Lipinski definition) is 2. The Bertz CT molecular complexity index is 1360. The number of rotatable bonds is 5. The van der Waals surface area contributed by atoms with Crippen LogP contribution < -0.4 is 10.5 Å². The number of hydrogen-bond acceptors (Lipinski definition) is 5. The molecule has 0 spiro atoms. The monoisotopic (exact) mass is 428 g/mol. The average molecular weight is 429 g/mol. The summed E-state index contributed by atoms with van der Waals surface area (Å²) < 4.78 is 1.40. The molecule has 31 heavy (non-hydrogen) atoms. The number of aromatic nitrogens is 3. The van der Waals surface area contributed by atoms with E-state index in [-0.39, 0.29) is 5.62 Å². The number of nitrogens with one attached hydrogen (secondary N) is 2. The number of pyridine rings is 1. The van der Waals surface area contributed by atoms with Crippen LogP contribution in [-0.4, -0.2) is 27.9 Å². The summed E-state index contributed by atoms with van der Waals surface area (Å²) in [5.41, 5.74) is 4.91. The Morgan fingerprint density at radius 2 is 1.94 bits per heavy atom. The molecule has 0 amide bonds. The van der Waals surface area contributed by atoms with Crippen LogP contribution in [0.4, 0.5) is 11.5 Å². The average Bonchev–Trinajstić information content (AvgIpc) is 3.64. The summed E-state index contributed by atoms with van der Waals surface area (Å²) >= 11 is 6.18. The number of benzene rings is 2. The van der Waals surface area contributed by atoms with Gasteiger partial charge < -0.3 is 4.90 Å². The van der Waals surface area contributed by atoms with Crippen molar-refractivity contribution in [3.8, 4) is 11.1 Å². The van der Waals surface area contributed by atoms with Gasteiger partial charge in [0.25, 0.3) is 0 Å². The Morgan fingerprint density at radius 1 is 1.10 bits per heavy atom. The van der Waals surface area contributed by atoms with Crippen LogP contribution in [0.25, 0.3) is 22.0 Å². The highest BCUT2D eigenvalue weighted by molar-refractivity contribution is 6.31. The van der Waals surface area contributed by atoms with Gasteiger partial charge in [-0.15, -0.1) is 0 Å². The van der Waals surface area contributed by atoms with E-state index in [1.54, 1.807) is 12.1 Å². The molecule has 1 aliphatic rings. The summed E-state index contributed by atoms with van der Waals surface area (Å²) in [6.45, 7) is 0. The predicted octanol–water partition coefficient (Wildman–Crippen LogP) is 5.33. The number of fused-ring (bicyclic) bond motifs is 1. The van der Waals surface area contributed by atoms with E-state index >= 15 is 0 Å². The molecule has 2 aromatic carbocycles. The fourth-order valence-corrected chi connectivity index (χ4v) is 3.99. The van der Waals surface area contributed by atoms with Crippen molar-refractivity contribution < 1.29 is 0 Å². The molecule has 5 rings (SSSR count). The largest absolute Gasteiger partial charge is 0.329 e. The second-order valence-electron chi connectivity index (χ2n) is 7.77. The molecule has 0 atom stereocenters. The molecule has 0 unspecified atom stereocenters. The van der Waals surface area contributed by atoms with Gasteiger partial charge in [-0.3, -0.25) is 20.4 Å². The van der Waals surface area contributed by atoms with Crippen molar-refractivity contribution in [1.82, 2.24) is 14.5 Å². The maximum atomic E-state index is 8.28. The summed E-state index contributed by atoms with van der Waals surface area (Å²) in [6.07, 6.45) is 5.51. The molecule has 0 radical (unpaired) electrons. The van der Waals surface area contributed by atoms with Gasteiger partial charge in [0.2, 0.25) is 5.62 Å². The van der Waals surface area contributed by atoms with E-state index in [1.807, 2.05) is 36.3 Å². The maximum absolute atomic E-state index is 8.28. The molecule has 1 fully saturated rings. The smallest absolute Gasteiger partial charge is 0.229 e. The maximum Gasteiger partial charge on any atom is 0.229 e. The molecule has 1 saturated carbocycles. The molecular weight excluding hydrogens is 408 g/mol. The first kappa shape index (κ1) is 19.5. The number of nitrogens with zero attached hydrogens (tertiary/aromatic N) is 4. The minimum absolute atomic E-state index is 0.0253. The lowest BCUT2D eigenvalue weighted by molar-refractivity contribution is 0.915. The van der Waals surface area contributed by atoms with Crippen molar-refractivity contribution in [3.05, 3.63) is 77.1 Å². The molecule has 0 saturated heterocycles.